The molecular formula is C11H14N2O4S. The maximum Gasteiger partial charge on any atom is 0.232 e. The van der Waals surface area contributed by atoms with Crippen LogP contribution in [0, 0.1) is 0 Å². The number of Topliss-reactive ketones (excluding diaryl/α,β-unsaturated/α-hetero) is 1. The van der Waals surface area contributed by atoms with Crippen LogP contribution in [0.2, 0.25) is 0 Å². The molecule has 1 aromatic rings. The molecular weight excluding hydrogens is 256 g/mol. The number of ether oxygens (including phenoxy) is 1. The lowest BCUT2D eigenvalue weighted by Gasteiger charge is -2.29. The number of nitrogens with zero attached hydrogens (tertiary/aromatic N) is 1. The van der Waals surface area contributed by atoms with Crippen LogP contribution in [0.15, 0.2) is 18.2 Å². The summed E-state index contributed by atoms with van der Waals surface area (Å²) in [7, 11) is -3.38. The number of rotatable bonds is 3. The number of sulfonamides is 1. The summed E-state index contributed by atoms with van der Waals surface area (Å²) in [5, 5.41) is 0. The molecule has 0 radical (unpaired) electrons. The molecule has 7 heteroatoms. The molecule has 0 saturated carbocycles. The lowest BCUT2D eigenvalue weighted by Crippen LogP contribution is -2.37. The number of hydrogen-bond donors (Lipinski definition) is 1. The van der Waals surface area contributed by atoms with Gasteiger partial charge in [-0.15, -0.1) is 0 Å². The first kappa shape index (κ1) is 12.8. The van der Waals surface area contributed by atoms with Crippen LogP contribution in [0.25, 0.3) is 0 Å². The molecule has 18 heavy (non-hydrogen) atoms. The minimum absolute atomic E-state index is 0.113. The van der Waals surface area contributed by atoms with E-state index in [0.717, 1.165) is 6.26 Å². The van der Waals surface area contributed by atoms with Crippen LogP contribution < -0.4 is 14.8 Å². The lowest BCUT2D eigenvalue weighted by molar-refractivity contribution is 0.100. The summed E-state index contributed by atoms with van der Waals surface area (Å²) in [6.07, 6.45) is 1.12. The molecule has 1 aliphatic heterocycles. The Hall–Kier alpha value is -1.60. The Balaban J connectivity index is 2.51. The van der Waals surface area contributed by atoms with Gasteiger partial charge in [0.25, 0.3) is 0 Å². The third-order valence-electron chi connectivity index (χ3n) is 2.69. The highest BCUT2D eigenvalue weighted by molar-refractivity contribution is 7.92. The van der Waals surface area contributed by atoms with Gasteiger partial charge in [0.15, 0.2) is 5.78 Å². The van der Waals surface area contributed by atoms with Crippen LogP contribution in [0.1, 0.15) is 10.4 Å². The molecule has 2 rings (SSSR count). The Bertz CT molecular complexity index is 583. The Morgan fingerprint density at radius 3 is 2.83 bits per heavy atom. The molecule has 0 atom stereocenters. The fraction of sp³-hybridized carbons (Fsp3) is 0.364. The zero-order valence-electron chi connectivity index (χ0n) is 9.92. The van der Waals surface area contributed by atoms with Crippen LogP contribution in [0.5, 0.6) is 5.75 Å². The SMILES string of the molecule is CS(=O)(=O)N1CCOc2ccc(C(=O)CN)cc21. The summed E-state index contributed by atoms with van der Waals surface area (Å²) >= 11 is 0. The lowest BCUT2D eigenvalue weighted by atomic mass is 10.1. The minimum atomic E-state index is -3.38. The Morgan fingerprint density at radius 2 is 2.22 bits per heavy atom. The van der Waals surface area contributed by atoms with Crippen LogP contribution in [0.3, 0.4) is 0 Å². The van der Waals surface area contributed by atoms with Gasteiger partial charge in [-0.05, 0) is 18.2 Å². The monoisotopic (exact) mass is 270 g/mol. The number of carbonyl (C=O) groups is 1. The molecule has 0 aliphatic carbocycles. The number of hydrogen-bond acceptors (Lipinski definition) is 5. The summed E-state index contributed by atoms with van der Waals surface area (Å²) in [6, 6.07) is 4.68. The van der Waals surface area contributed by atoms with E-state index in [1.807, 2.05) is 0 Å². The first-order valence-corrected chi connectivity index (χ1v) is 7.26. The van der Waals surface area contributed by atoms with Crippen molar-refractivity contribution in [2.75, 3.05) is 30.3 Å². The summed E-state index contributed by atoms with van der Waals surface area (Å²) in [6.45, 7) is 0.425. The second-order valence-electron chi connectivity index (χ2n) is 3.99. The maximum atomic E-state index is 11.7. The van der Waals surface area contributed by atoms with Crippen LogP contribution in [-0.2, 0) is 10.0 Å². The van der Waals surface area contributed by atoms with Gasteiger partial charge >= 0.3 is 0 Å². The van der Waals surface area contributed by atoms with Gasteiger partial charge in [-0.2, -0.15) is 0 Å². The normalized spacial score (nSPS) is 14.9. The van der Waals surface area contributed by atoms with Gasteiger partial charge in [-0.25, -0.2) is 8.42 Å². The summed E-state index contributed by atoms with van der Waals surface area (Å²) in [4.78, 5) is 11.5. The third-order valence-corrected chi connectivity index (χ3v) is 3.87. The fourth-order valence-electron chi connectivity index (χ4n) is 1.83. The molecule has 1 heterocycles. The van der Waals surface area contributed by atoms with E-state index in [1.54, 1.807) is 12.1 Å². The van der Waals surface area contributed by atoms with Crippen molar-refractivity contribution in [3.8, 4) is 5.75 Å². The topological polar surface area (TPSA) is 89.7 Å². The molecule has 2 N–H and O–H groups in total. The second kappa shape index (κ2) is 4.58. The van der Waals surface area contributed by atoms with E-state index in [1.165, 1.54) is 10.4 Å². The average Bonchev–Trinajstić information content (AvgIpc) is 2.35. The minimum Gasteiger partial charge on any atom is -0.489 e. The zero-order chi connectivity index (χ0) is 13.3. The number of nitrogens with two attached hydrogens (primary N) is 1. The Kier molecular flexibility index (Phi) is 3.27. The number of ketones is 1. The molecule has 6 nitrogen and oxygen atoms in total. The molecule has 1 aromatic carbocycles. The van der Waals surface area contributed by atoms with Crippen molar-refractivity contribution in [3.05, 3.63) is 23.8 Å². The number of fused-ring (bicyclic) bond motifs is 1. The van der Waals surface area contributed by atoms with E-state index < -0.39 is 10.0 Å². The van der Waals surface area contributed by atoms with Crippen molar-refractivity contribution in [2.24, 2.45) is 5.73 Å². The van der Waals surface area contributed by atoms with Crippen molar-refractivity contribution >= 4 is 21.5 Å². The van der Waals surface area contributed by atoms with Gasteiger partial charge in [0.05, 0.1) is 25.0 Å². The van der Waals surface area contributed by atoms with Crippen molar-refractivity contribution in [2.45, 2.75) is 0 Å². The van der Waals surface area contributed by atoms with E-state index in [9.17, 15) is 13.2 Å². The molecule has 98 valence electrons. The highest BCUT2D eigenvalue weighted by Crippen LogP contribution is 2.33. The van der Waals surface area contributed by atoms with Gasteiger partial charge in [0.1, 0.15) is 12.4 Å². The van der Waals surface area contributed by atoms with Gasteiger partial charge in [-0.1, -0.05) is 0 Å². The predicted molar refractivity (Wildman–Crippen MR) is 67.5 cm³/mol. The van der Waals surface area contributed by atoms with Gasteiger partial charge in [0.2, 0.25) is 10.0 Å². The van der Waals surface area contributed by atoms with Crippen molar-refractivity contribution < 1.29 is 17.9 Å². The smallest absolute Gasteiger partial charge is 0.232 e. The fourth-order valence-corrected chi connectivity index (χ4v) is 2.74. The van der Waals surface area contributed by atoms with E-state index >= 15 is 0 Å². The Labute approximate surface area is 105 Å². The zero-order valence-corrected chi connectivity index (χ0v) is 10.7. The molecule has 1 aliphatic rings. The molecule has 0 fully saturated rings. The molecule has 0 aromatic heterocycles. The first-order chi connectivity index (χ1) is 8.43. The second-order valence-corrected chi connectivity index (χ2v) is 5.90. The van der Waals surface area contributed by atoms with E-state index in [2.05, 4.69) is 0 Å². The predicted octanol–water partition coefficient (Wildman–Crippen LogP) is -0.0136. The Morgan fingerprint density at radius 1 is 1.50 bits per heavy atom. The molecule has 0 unspecified atom stereocenters. The van der Waals surface area contributed by atoms with Crippen LogP contribution >= 0.6 is 0 Å². The first-order valence-electron chi connectivity index (χ1n) is 5.41. The summed E-state index contributed by atoms with van der Waals surface area (Å²) < 4.78 is 29.9. The molecule has 0 amide bonds. The van der Waals surface area contributed by atoms with Crippen LogP contribution in [-0.4, -0.2) is 40.2 Å². The number of anilines is 1. The standard InChI is InChI=1S/C11H14N2O4S/c1-18(15,16)13-4-5-17-11-3-2-8(6-9(11)13)10(14)7-12/h2-3,6H,4-5,7,12H2,1H3. The number of benzene rings is 1. The van der Waals surface area contributed by atoms with E-state index in [4.69, 9.17) is 10.5 Å². The van der Waals surface area contributed by atoms with Crippen molar-refractivity contribution in [3.63, 3.8) is 0 Å². The highest BCUT2D eigenvalue weighted by Gasteiger charge is 2.25. The molecule has 0 saturated heterocycles. The maximum absolute atomic E-state index is 11.7. The van der Waals surface area contributed by atoms with Crippen LogP contribution in [0.4, 0.5) is 5.69 Å². The summed E-state index contributed by atoms with van der Waals surface area (Å²) in [5.74, 6) is 0.220. The molecule has 0 spiro atoms. The quantitative estimate of drug-likeness (QED) is 0.780. The van der Waals surface area contributed by atoms with E-state index in [-0.39, 0.29) is 18.9 Å². The van der Waals surface area contributed by atoms with Gasteiger partial charge in [-0.3, -0.25) is 9.10 Å². The van der Waals surface area contributed by atoms with Crippen molar-refractivity contribution in [1.29, 1.82) is 0 Å². The van der Waals surface area contributed by atoms with E-state index in [0.29, 0.717) is 23.6 Å². The average molecular weight is 270 g/mol. The third kappa shape index (κ3) is 2.32. The largest absolute Gasteiger partial charge is 0.489 e. The van der Waals surface area contributed by atoms with Gasteiger partial charge < -0.3 is 10.5 Å². The highest BCUT2D eigenvalue weighted by atomic mass is 32.2. The van der Waals surface area contributed by atoms with Gasteiger partial charge in [0, 0.05) is 5.56 Å². The number of carbonyl (C=O) groups excluding carboxylic acids is 1. The van der Waals surface area contributed by atoms with Crippen molar-refractivity contribution in [1.82, 2.24) is 0 Å². The summed E-state index contributed by atoms with van der Waals surface area (Å²) in [5.41, 5.74) is 6.06. The molecule has 0 bridgehead atoms.